The summed E-state index contributed by atoms with van der Waals surface area (Å²) < 4.78 is 30.6. The molecule has 10 atom stereocenters. The molecule has 36 heavy (non-hydrogen) atoms. The van der Waals surface area contributed by atoms with Crippen LogP contribution in [0.2, 0.25) is 0 Å². The molecule has 1 amide bonds. The number of amides is 1. The van der Waals surface area contributed by atoms with E-state index in [-0.39, 0.29) is 41.0 Å². The number of hydrogen-bond acceptors (Lipinski definition) is 7. The lowest BCUT2D eigenvalue weighted by atomic mass is 9.42. The predicted molar refractivity (Wildman–Crippen MR) is 133 cm³/mol. The first kappa shape index (κ1) is 26.5. The van der Waals surface area contributed by atoms with E-state index in [1.54, 1.807) is 0 Å². The lowest BCUT2D eigenvalue weighted by molar-refractivity contribution is -0.187. The summed E-state index contributed by atoms with van der Waals surface area (Å²) in [4.78, 5) is 12.3. The van der Waals surface area contributed by atoms with E-state index in [1.807, 2.05) is 0 Å². The van der Waals surface area contributed by atoms with E-state index in [1.165, 1.54) is 0 Å². The first-order valence-electron chi connectivity index (χ1n) is 13.8. The summed E-state index contributed by atoms with van der Waals surface area (Å²) in [5.41, 5.74) is -0.474. The molecule has 1 spiro atoms. The Kier molecular flexibility index (Phi) is 6.62. The van der Waals surface area contributed by atoms with E-state index < -0.39 is 22.0 Å². The van der Waals surface area contributed by atoms with Crippen LogP contribution in [0.3, 0.4) is 0 Å². The summed E-state index contributed by atoms with van der Waals surface area (Å²) in [5, 5.41) is 34.0. The van der Waals surface area contributed by atoms with E-state index in [0.29, 0.717) is 42.4 Å². The van der Waals surface area contributed by atoms with Crippen molar-refractivity contribution in [2.75, 3.05) is 12.3 Å². The molecular formula is C26H43N3O6S. The van der Waals surface area contributed by atoms with Crippen molar-refractivity contribution in [3.8, 4) is 0 Å². The minimum absolute atomic E-state index is 0.0943. The molecule has 10 heteroatoms. The second-order valence-electron chi connectivity index (χ2n) is 13.1. The average molecular weight is 526 g/mol. The second-order valence-corrected chi connectivity index (χ2v) is 14.7. The molecule has 1 heterocycles. The molecule has 5 aliphatic rings. The number of fused-ring (bicyclic) bond motifs is 6. The van der Waals surface area contributed by atoms with Gasteiger partial charge in [0.15, 0.2) is 5.66 Å². The lowest BCUT2D eigenvalue weighted by Crippen LogP contribution is -2.63. The monoisotopic (exact) mass is 525 g/mol. The van der Waals surface area contributed by atoms with Gasteiger partial charge in [-0.1, -0.05) is 20.8 Å². The summed E-state index contributed by atoms with van der Waals surface area (Å²) in [6.45, 7) is 6.73. The van der Waals surface area contributed by atoms with E-state index in [0.717, 1.165) is 44.9 Å². The van der Waals surface area contributed by atoms with Gasteiger partial charge < -0.3 is 15.5 Å². The van der Waals surface area contributed by atoms with Gasteiger partial charge in [0.05, 0.1) is 18.0 Å². The Hall–Kier alpha value is -1.10. The third-order valence-electron chi connectivity index (χ3n) is 11.4. The van der Waals surface area contributed by atoms with Gasteiger partial charge in [-0.05, 0) is 85.4 Å². The van der Waals surface area contributed by atoms with Gasteiger partial charge >= 0.3 is 0 Å². The molecule has 4 saturated carbocycles. The van der Waals surface area contributed by atoms with Crippen molar-refractivity contribution >= 4 is 16.0 Å². The lowest BCUT2D eigenvalue weighted by Gasteiger charge is -2.63. The number of hydrogen-bond donors (Lipinski definition) is 4. The van der Waals surface area contributed by atoms with Crippen LogP contribution in [0.1, 0.15) is 78.6 Å². The van der Waals surface area contributed by atoms with Gasteiger partial charge in [-0.25, -0.2) is 0 Å². The fourth-order valence-corrected chi connectivity index (χ4v) is 9.77. The van der Waals surface area contributed by atoms with Crippen molar-refractivity contribution in [1.82, 2.24) is 5.32 Å². The van der Waals surface area contributed by atoms with Crippen molar-refractivity contribution in [1.29, 1.82) is 0 Å². The van der Waals surface area contributed by atoms with Crippen molar-refractivity contribution in [2.45, 2.75) is 96.4 Å². The third-order valence-corrected chi connectivity index (χ3v) is 12.2. The number of aliphatic hydroxyl groups is 2. The molecule has 4 N–H and O–H groups in total. The van der Waals surface area contributed by atoms with Gasteiger partial charge in [0, 0.05) is 25.3 Å². The fourth-order valence-electron chi connectivity index (χ4n) is 9.41. The minimum Gasteiger partial charge on any atom is -0.393 e. The van der Waals surface area contributed by atoms with E-state index in [2.05, 4.69) is 36.3 Å². The van der Waals surface area contributed by atoms with Gasteiger partial charge in [-0.3, -0.25) is 9.35 Å². The van der Waals surface area contributed by atoms with Crippen LogP contribution >= 0.6 is 0 Å². The van der Waals surface area contributed by atoms with Gasteiger partial charge in [-0.15, -0.1) is 0 Å². The Labute approximate surface area is 214 Å². The van der Waals surface area contributed by atoms with Gasteiger partial charge in [0.25, 0.3) is 10.1 Å². The summed E-state index contributed by atoms with van der Waals surface area (Å²) >= 11 is 0. The van der Waals surface area contributed by atoms with Gasteiger partial charge in [0.1, 0.15) is 0 Å². The zero-order valence-corrected chi connectivity index (χ0v) is 22.6. The van der Waals surface area contributed by atoms with Gasteiger partial charge in [-0.2, -0.15) is 18.6 Å². The van der Waals surface area contributed by atoms with E-state index in [9.17, 15) is 23.4 Å². The zero-order valence-electron chi connectivity index (χ0n) is 21.8. The standard InChI is InChI=1S/C26H43N3O6S/c1-15(4-7-22(32)27-10-11-36(33,34)35)18-5-6-19-23-20(13-21(31)25(18,19)3)24(2)9-8-17(30)12-16(24)14-26(23)28-29-26/h15-21,23,30-31H,4-14H2,1-3H3,(H,27,32)(H,33,34,35)/t15-,16+,17-,18-,19+,20+,21+,23+,24+,25-/m1/s1. The van der Waals surface area contributed by atoms with Crippen molar-refractivity contribution < 1.29 is 28.0 Å². The zero-order chi connectivity index (χ0) is 26.1. The maximum atomic E-state index is 12.3. The molecule has 5 rings (SSSR count). The molecule has 0 saturated heterocycles. The molecule has 0 bridgehead atoms. The Morgan fingerprint density at radius 1 is 1.11 bits per heavy atom. The SMILES string of the molecule is C[C@H](CCC(=O)NCCS(=O)(=O)O)[C@H]1CC[C@H]2[C@H]3[C@H](C[C@H](O)[C@]12C)[C@@]1(C)CC[C@@H](O)C[C@H]1CC31N=N1. The fraction of sp³-hybridized carbons (Fsp3) is 0.962. The average Bonchev–Trinajstić information content (AvgIpc) is 3.46. The van der Waals surface area contributed by atoms with Crippen LogP contribution in [0.4, 0.5) is 0 Å². The van der Waals surface area contributed by atoms with Crippen molar-refractivity contribution in [3.05, 3.63) is 0 Å². The number of rotatable bonds is 7. The Morgan fingerprint density at radius 3 is 2.50 bits per heavy atom. The summed E-state index contributed by atoms with van der Waals surface area (Å²) in [5.74, 6) is 1.25. The second kappa shape index (κ2) is 8.99. The van der Waals surface area contributed by atoms with Crippen molar-refractivity contribution in [2.24, 2.45) is 56.6 Å². The van der Waals surface area contributed by atoms with Crippen LogP contribution in [-0.4, -0.2) is 59.3 Å². The summed E-state index contributed by atoms with van der Waals surface area (Å²) in [6.07, 6.45) is 6.70. The maximum Gasteiger partial charge on any atom is 0.266 e. The van der Waals surface area contributed by atoms with Gasteiger partial charge in [0.2, 0.25) is 5.91 Å². The smallest absolute Gasteiger partial charge is 0.266 e. The molecule has 1 aliphatic heterocycles. The number of nitrogens with one attached hydrogen (secondary N) is 1. The summed E-state index contributed by atoms with van der Waals surface area (Å²) in [7, 11) is -4.09. The Bertz CT molecular complexity index is 1010. The highest BCUT2D eigenvalue weighted by Crippen LogP contribution is 2.72. The molecule has 204 valence electrons. The van der Waals surface area contributed by atoms with Crippen LogP contribution < -0.4 is 5.32 Å². The molecule has 4 aliphatic carbocycles. The van der Waals surface area contributed by atoms with Crippen LogP contribution in [0.15, 0.2) is 10.2 Å². The van der Waals surface area contributed by atoms with Crippen LogP contribution in [0.25, 0.3) is 0 Å². The molecule has 0 aromatic rings. The van der Waals surface area contributed by atoms with Crippen LogP contribution in [0, 0.1) is 46.3 Å². The first-order valence-corrected chi connectivity index (χ1v) is 15.4. The summed E-state index contributed by atoms with van der Waals surface area (Å²) in [6, 6.07) is 0. The molecule has 0 aromatic heterocycles. The highest BCUT2D eigenvalue weighted by Gasteiger charge is 2.72. The van der Waals surface area contributed by atoms with E-state index in [4.69, 9.17) is 4.55 Å². The van der Waals surface area contributed by atoms with E-state index >= 15 is 0 Å². The highest BCUT2D eigenvalue weighted by molar-refractivity contribution is 7.85. The predicted octanol–water partition coefficient (Wildman–Crippen LogP) is 3.17. The molecule has 0 radical (unpaired) electrons. The van der Waals surface area contributed by atoms with Crippen molar-refractivity contribution in [3.63, 3.8) is 0 Å². The highest BCUT2D eigenvalue weighted by atomic mass is 32.2. The first-order chi connectivity index (χ1) is 16.8. The van der Waals surface area contributed by atoms with Crippen LogP contribution in [0.5, 0.6) is 0 Å². The molecule has 9 nitrogen and oxygen atoms in total. The quantitative estimate of drug-likeness (QED) is 0.375. The minimum atomic E-state index is -4.09. The Balaban J connectivity index is 1.29. The van der Waals surface area contributed by atoms with Crippen LogP contribution in [-0.2, 0) is 14.9 Å². The normalized spacial score (nSPS) is 45.4. The maximum absolute atomic E-state index is 12.3. The molecule has 0 aromatic carbocycles. The number of nitrogens with zero attached hydrogens (tertiary/aromatic N) is 2. The Morgan fingerprint density at radius 2 is 1.83 bits per heavy atom. The third kappa shape index (κ3) is 4.33. The topological polar surface area (TPSA) is 149 Å². The molecule has 4 fully saturated rings. The molecular weight excluding hydrogens is 482 g/mol. The largest absolute Gasteiger partial charge is 0.393 e. The molecule has 0 unspecified atom stereocenters. The number of carbonyl (C=O) groups is 1. The number of aliphatic hydroxyl groups excluding tert-OH is 2. The number of carbonyl (C=O) groups excluding carboxylic acids is 1.